The highest BCUT2D eigenvalue weighted by Gasteiger charge is 2.40. The smallest absolute Gasteiger partial charge is 0.292 e. The van der Waals surface area contributed by atoms with Crippen LogP contribution in [0.5, 0.6) is 0 Å². The van der Waals surface area contributed by atoms with E-state index in [2.05, 4.69) is 24.8 Å². The molecule has 1 saturated heterocycles. The van der Waals surface area contributed by atoms with Gasteiger partial charge in [0.25, 0.3) is 15.9 Å². The van der Waals surface area contributed by atoms with Gasteiger partial charge in [-0.25, -0.2) is 9.44 Å². The normalized spacial score (nSPS) is 23.6. The van der Waals surface area contributed by atoms with Crippen molar-refractivity contribution in [2.24, 2.45) is 5.11 Å². The van der Waals surface area contributed by atoms with Crippen molar-refractivity contribution in [3.63, 3.8) is 0 Å². The summed E-state index contributed by atoms with van der Waals surface area (Å²) < 4.78 is 28.7. The highest BCUT2D eigenvalue weighted by molar-refractivity contribution is 7.87. The Morgan fingerprint density at radius 3 is 2.55 bits per heavy atom. The topological polar surface area (TPSA) is 246 Å². The van der Waals surface area contributed by atoms with Crippen molar-refractivity contribution in [3.05, 3.63) is 38.8 Å². The number of hydrogen-bond donors (Lipinski definition) is 7. The molecule has 0 unspecified atom stereocenters. The maximum absolute atomic E-state index is 12.1. The summed E-state index contributed by atoms with van der Waals surface area (Å²) >= 11 is 0. The Morgan fingerprint density at radius 2 is 1.91 bits per heavy atom. The monoisotopic (exact) mass is 490 g/mol. The molecule has 7 N–H and O–H groups in total. The van der Waals surface area contributed by atoms with Crippen LogP contribution in [0.3, 0.4) is 0 Å². The molecule has 33 heavy (non-hydrogen) atoms. The Hall–Kier alpha value is -2.60. The van der Waals surface area contributed by atoms with Crippen molar-refractivity contribution in [2.75, 3.05) is 44.6 Å². The number of nitro groups is 1. The molecule has 1 aliphatic rings. The number of aliphatic hydroxyl groups is 4. The lowest BCUT2D eigenvalue weighted by molar-refractivity contribution is -0.383. The molecule has 4 atom stereocenters. The van der Waals surface area contributed by atoms with E-state index in [1.54, 1.807) is 0 Å². The van der Waals surface area contributed by atoms with Crippen LogP contribution < -0.4 is 14.8 Å². The minimum absolute atomic E-state index is 0.0115. The summed E-state index contributed by atoms with van der Waals surface area (Å²) in [7, 11) is -3.93. The van der Waals surface area contributed by atoms with Gasteiger partial charge in [0, 0.05) is 49.4 Å². The number of hydrogen-bond acceptors (Lipinski definition) is 11. The zero-order chi connectivity index (χ0) is 24.6. The third-order valence-electron chi connectivity index (χ3n) is 4.98. The molecule has 1 aromatic carbocycles. The van der Waals surface area contributed by atoms with Crippen molar-refractivity contribution < 1.29 is 33.8 Å². The molecule has 17 heteroatoms. The lowest BCUT2D eigenvalue weighted by atomic mass is 9.94. The van der Waals surface area contributed by atoms with Gasteiger partial charge in [-0.3, -0.25) is 15.0 Å². The molecule has 184 valence electrons. The molecule has 0 saturated carbocycles. The number of azide groups is 1. The zero-order valence-electron chi connectivity index (χ0n) is 17.4. The van der Waals surface area contributed by atoms with E-state index in [4.69, 9.17) is 5.53 Å². The molecule has 1 aromatic rings. The second-order valence-corrected chi connectivity index (χ2v) is 8.74. The largest absolute Gasteiger partial charge is 0.395 e. The predicted molar refractivity (Wildman–Crippen MR) is 116 cm³/mol. The summed E-state index contributed by atoms with van der Waals surface area (Å²) in [4.78, 5) is 14.5. The summed E-state index contributed by atoms with van der Waals surface area (Å²) in [6, 6.07) is 2.94. The fourth-order valence-corrected chi connectivity index (χ4v) is 4.16. The maximum Gasteiger partial charge on any atom is 0.292 e. The van der Waals surface area contributed by atoms with Crippen LogP contribution in [-0.2, 0) is 10.2 Å². The number of nitro benzene ring substituents is 1. The van der Waals surface area contributed by atoms with Crippen LogP contribution in [0, 0.1) is 10.1 Å². The van der Waals surface area contributed by atoms with Gasteiger partial charge in [-0.2, -0.15) is 8.42 Å². The Morgan fingerprint density at radius 1 is 1.21 bits per heavy atom. The summed E-state index contributed by atoms with van der Waals surface area (Å²) in [5, 5.41) is 56.0. The Bertz CT molecular complexity index is 973. The van der Waals surface area contributed by atoms with E-state index in [-0.39, 0.29) is 49.8 Å². The first-order valence-electron chi connectivity index (χ1n) is 9.80. The Kier molecular flexibility index (Phi) is 9.71. The van der Waals surface area contributed by atoms with Crippen molar-refractivity contribution in [1.82, 2.24) is 14.3 Å². The summed E-state index contributed by atoms with van der Waals surface area (Å²) in [6.07, 6.45) is -4.03. The van der Waals surface area contributed by atoms with Gasteiger partial charge in [0.05, 0.1) is 23.7 Å². The molecule has 0 radical (unpaired) electrons. The predicted octanol–water partition coefficient (Wildman–Crippen LogP) is -1.87. The summed E-state index contributed by atoms with van der Waals surface area (Å²) in [6.45, 7) is -0.706. The van der Waals surface area contributed by atoms with Crippen LogP contribution in [0.1, 0.15) is 0 Å². The number of aliphatic hydroxyl groups excluding tert-OH is 4. The number of nitrogens with one attached hydrogen (secondary N) is 3. The number of rotatable bonds is 12. The molecule has 1 aliphatic heterocycles. The van der Waals surface area contributed by atoms with Crippen LogP contribution in [0.15, 0.2) is 23.3 Å². The molecule has 0 aromatic heterocycles. The molecular formula is C16H26N8O8S. The first kappa shape index (κ1) is 26.7. The Balaban J connectivity index is 1.82. The van der Waals surface area contributed by atoms with Gasteiger partial charge < -0.3 is 25.7 Å². The fourth-order valence-electron chi connectivity index (χ4n) is 3.33. The average molecular weight is 490 g/mol. The SMILES string of the molecule is [N-]=[N+]=Nc1ccc(NCCNS(=O)(=O)NCCN2C[C@H](O)[C@@H](O)[C@H](O)[C@H]2CO)c([N+](=O)[O-])c1. The molecule has 0 aliphatic carbocycles. The van der Waals surface area contributed by atoms with E-state index in [1.807, 2.05) is 0 Å². The minimum Gasteiger partial charge on any atom is -0.395 e. The van der Waals surface area contributed by atoms with Gasteiger partial charge >= 0.3 is 0 Å². The van der Waals surface area contributed by atoms with Crippen LogP contribution in [0.2, 0.25) is 0 Å². The number of piperidine rings is 1. The highest BCUT2D eigenvalue weighted by Crippen LogP contribution is 2.29. The van der Waals surface area contributed by atoms with E-state index in [0.29, 0.717) is 0 Å². The summed E-state index contributed by atoms with van der Waals surface area (Å²) in [5.41, 5.74) is 8.26. The number of likely N-dealkylation sites (tertiary alicyclic amines) is 1. The van der Waals surface area contributed by atoms with Gasteiger partial charge in [-0.05, 0) is 11.6 Å². The van der Waals surface area contributed by atoms with Crippen molar-refractivity contribution in [2.45, 2.75) is 24.4 Å². The van der Waals surface area contributed by atoms with Crippen LogP contribution in [0.4, 0.5) is 17.1 Å². The number of nitrogens with zero attached hydrogens (tertiary/aromatic N) is 5. The molecule has 1 fully saturated rings. The van der Waals surface area contributed by atoms with E-state index in [1.165, 1.54) is 17.0 Å². The molecular weight excluding hydrogens is 464 g/mol. The highest BCUT2D eigenvalue weighted by atomic mass is 32.2. The maximum atomic E-state index is 12.1. The standard InChI is InChI=1S/C16H26N8O8S/c17-22-21-10-1-2-11(12(7-10)24(29)30)18-3-4-19-33(31,32)20-5-6-23-8-14(26)16(28)15(27)13(23)9-25/h1-2,7,13-16,18-20,25-28H,3-6,8-9H2/t13-,14+,15-,16-/m1/s1. The minimum atomic E-state index is -3.93. The van der Waals surface area contributed by atoms with Crippen LogP contribution in [-0.4, -0.2) is 102 Å². The van der Waals surface area contributed by atoms with E-state index < -0.39 is 46.1 Å². The number of benzene rings is 1. The quantitative estimate of drug-likeness (QED) is 0.0429. The van der Waals surface area contributed by atoms with Crippen molar-refractivity contribution >= 4 is 27.3 Å². The second-order valence-electron chi connectivity index (χ2n) is 7.16. The number of anilines is 1. The lowest BCUT2D eigenvalue weighted by Gasteiger charge is -2.43. The Labute approximate surface area is 188 Å². The molecule has 1 heterocycles. The van der Waals surface area contributed by atoms with Gasteiger partial charge in [-0.1, -0.05) is 11.2 Å². The van der Waals surface area contributed by atoms with Gasteiger partial charge in [0.2, 0.25) is 0 Å². The zero-order valence-corrected chi connectivity index (χ0v) is 18.2. The first-order chi connectivity index (χ1) is 15.6. The first-order valence-corrected chi connectivity index (χ1v) is 11.3. The van der Waals surface area contributed by atoms with E-state index in [0.717, 1.165) is 6.07 Å². The molecule has 2 rings (SSSR count). The third kappa shape index (κ3) is 7.46. The third-order valence-corrected chi connectivity index (χ3v) is 6.15. The lowest BCUT2D eigenvalue weighted by Crippen LogP contribution is -2.63. The van der Waals surface area contributed by atoms with E-state index in [9.17, 15) is 39.0 Å². The summed E-state index contributed by atoms with van der Waals surface area (Å²) in [5.74, 6) is 0. The molecule has 16 nitrogen and oxygen atoms in total. The number of β-amino-alcohol motifs (C(OH)–C–C–N with tert-alkyl or cyclic N) is 1. The molecule has 0 amide bonds. The van der Waals surface area contributed by atoms with Crippen molar-refractivity contribution in [3.8, 4) is 0 Å². The fraction of sp³-hybridized carbons (Fsp3) is 0.625. The van der Waals surface area contributed by atoms with Crippen LogP contribution in [0.25, 0.3) is 10.4 Å². The molecule has 0 spiro atoms. The average Bonchev–Trinajstić information content (AvgIpc) is 2.76. The van der Waals surface area contributed by atoms with Gasteiger partial charge in [0.1, 0.15) is 17.9 Å². The van der Waals surface area contributed by atoms with E-state index >= 15 is 0 Å². The van der Waals surface area contributed by atoms with Crippen molar-refractivity contribution in [1.29, 1.82) is 0 Å². The van der Waals surface area contributed by atoms with Gasteiger partial charge in [-0.15, -0.1) is 0 Å². The second kappa shape index (κ2) is 12.0. The molecule has 0 bridgehead atoms. The van der Waals surface area contributed by atoms with Gasteiger partial charge in [0.15, 0.2) is 0 Å². The van der Waals surface area contributed by atoms with Crippen LogP contribution >= 0.6 is 0 Å².